The zero-order valence-electron chi connectivity index (χ0n) is 17.1. The van der Waals surface area contributed by atoms with Gasteiger partial charge in [-0.3, -0.25) is 9.59 Å². The summed E-state index contributed by atoms with van der Waals surface area (Å²) in [6.45, 7) is 1.86. The number of hydrogen-bond donors (Lipinski definition) is 1. The van der Waals surface area contributed by atoms with Crippen LogP contribution in [0.2, 0.25) is 0 Å². The minimum Gasteiger partial charge on any atom is -0.496 e. The Morgan fingerprint density at radius 2 is 2.00 bits per heavy atom. The van der Waals surface area contributed by atoms with Gasteiger partial charge in [-0.15, -0.1) is 0 Å². The van der Waals surface area contributed by atoms with E-state index in [4.69, 9.17) is 9.47 Å². The minimum absolute atomic E-state index is 0.0251. The monoisotopic (exact) mass is 474 g/mol. The second kappa shape index (κ2) is 11.0. The lowest BCUT2D eigenvalue weighted by Crippen LogP contribution is -2.45. The van der Waals surface area contributed by atoms with E-state index in [2.05, 4.69) is 21.2 Å². The molecule has 160 valence electrons. The number of amides is 2. The van der Waals surface area contributed by atoms with E-state index >= 15 is 0 Å². The smallest absolute Gasteiger partial charge is 0.226 e. The van der Waals surface area contributed by atoms with Crippen molar-refractivity contribution in [3.05, 3.63) is 58.6 Å². The first-order valence-electron chi connectivity index (χ1n) is 10.1. The van der Waals surface area contributed by atoms with Crippen LogP contribution in [0.15, 0.2) is 53.0 Å². The van der Waals surface area contributed by atoms with Crippen LogP contribution in [-0.4, -0.2) is 43.5 Å². The van der Waals surface area contributed by atoms with Crippen LogP contribution in [-0.2, 0) is 16.1 Å². The van der Waals surface area contributed by atoms with E-state index in [1.165, 1.54) is 0 Å². The number of carbonyl (C=O) groups is 2. The maximum absolute atomic E-state index is 12.7. The van der Waals surface area contributed by atoms with Gasteiger partial charge in [-0.1, -0.05) is 34.1 Å². The standard InChI is InChI=1S/C23H27BrN2O4/c1-29-21-10-9-19(24)14-18(21)15-25-23(28)17-6-5-12-26(16-17)22(27)11-13-30-20-7-3-2-4-8-20/h2-4,7-10,14,17H,5-6,11-13,15-16H2,1H3,(H,25,28). The van der Waals surface area contributed by atoms with Crippen LogP contribution in [0.1, 0.15) is 24.8 Å². The topological polar surface area (TPSA) is 67.9 Å². The van der Waals surface area contributed by atoms with Crippen LogP contribution in [0.3, 0.4) is 0 Å². The molecule has 0 spiro atoms. The van der Waals surface area contributed by atoms with Crippen molar-refractivity contribution in [3.63, 3.8) is 0 Å². The van der Waals surface area contributed by atoms with Crippen LogP contribution in [0.5, 0.6) is 11.5 Å². The summed E-state index contributed by atoms with van der Waals surface area (Å²) in [7, 11) is 1.61. The van der Waals surface area contributed by atoms with Gasteiger partial charge >= 0.3 is 0 Å². The molecule has 2 aromatic carbocycles. The second-order valence-corrected chi connectivity index (χ2v) is 8.18. The average Bonchev–Trinajstić information content (AvgIpc) is 2.78. The molecule has 3 rings (SSSR count). The first-order valence-corrected chi connectivity index (χ1v) is 10.9. The molecule has 0 aliphatic carbocycles. The van der Waals surface area contributed by atoms with E-state index in [0.717, 1.165) is 34.4 Å². The SMILES string of the molecule is COc1ccc(Br)cc1CNC(=O)C1CCCN(C(=O)CCOc2ccccc2)C1. The molecule has 1 saturated heterocycles. The predicted octanol–water partition coefficient (Wildman–Crippen LogP) is 3.78. The van der Waals surface area contributed by atoms with Crippen molar-refractivity contribution in [2.24, 2.45) is 5.92 Å². The molecule has 1 aliphatic heterocycles. The molecule has 1 aliphatic rings. The quantitative estimate of drug-likeness (QED) is 0.631. The second-order valence-electron chi connectivity index (χ2n) is 7.26. The number of nitrogens with one attached hydrogen (secondary N) is 1. The third kappa shape index (κ3) is 6.23. The highest BCUT2D eigenvalue weighted by Gasteiger charge is 2.28. The van der Waals surface area contributed by atoms with Crippen LogP contribution in [0.25, 0.3) is 0 Å². The highest BCUT2D eigenvalue weighted by molar-refractivity contribution is 9.10. The van der Waals surface area contributed by atoms with Gasteiger partial charge in [0.1, 0.15) is 11.5 Å². The molecule has 1 N–H and O–H groups in total. The number of para-hydroxylation sites is 1. The summed E-state index contributed by atoms with van der Waals surface area (Å²) < 4.78 is 11.9. The fourth-order valence-corrected chi connectivity index (χ4v) is 3.97. The maximum Gasteiger partial charge on any atom is 0.226 e. The Labute approximate surface area is 185 Å². The number of nitrogens with zero attached hydrogens (tertiary/aromatic N) is 1. The number of hydrogen-bond acceptors (Lipinski definition) is 4. The number of ether oxygens (including phenoxy) is 2. The molecule has 1 heterocycles. The van der Waals surface area contributed by atoms with Gasteiger partial charge in [0.05, 0.1) is 26.1 Å². The first kappa shape index (κ1) is 22.2. The third-order valence-electron chi connectivity index (χ3n) is 5.17. The Morgan fingerprint density at radius 1 is 1.20 bits per heavy atom. The summed E-state index contributed by atoms with van der Waals surface area (Å²) in [5, 5.41) is 2.99. The van der Waals surface area contributed by atoms with Crippen molar-refractivity contribution in [1.29, 1.82) is 0 Å². The van der Waals surface area contributed by atoms with Crippen molar-refractivity contribution < 1.29 is 19.1 Å². The van der Waals surface area contributed by atoms with Crippen LogP contribution >= 0.6 is 15.9 Å². The van der Waals surface area contributed by atoms with Gasteiger partial charge < -0.3 is 19.7 Å². The molecule has 2 aromatic rings. The van der Waals surface area contributed by atoms with Crippen molar-refractivity contribution in [3.8, 4) is 11.5 Å². The maximum atomic E-state index is 12.7. The van der Waals surface area contributed by atoms with Crippen LogP contribution in [0, 0.1) is 5.92 Å². The fraction of sp³-hybridized carbons (Fsp3) is 0.391. The first-order chi connectivity index (χ1) is 14.6. The zero-order chi connectivity index (χ0) is 21.3. The summed E-state index contributed by atoms with van der Waals surface area (Å²) in [5.74, 6) is 1.28. The Balaban J connectivity index is 1.47. The number of rotatable bonds is 8. The van der Waals surface area contributed by atoms with Gasteiger partial charge in [0.15, 0.2) is 0 Å². The average molecular weight is 475 g/mol. The molecule has 1 fully saturated rings. The van der Waals surface area contributed by atoms with E-state index in [9.17, 15) is 9.59 Å². The molecule has 30 heavy (non-hydrogen) atoms. The molecule has 0 saturated carbocycles. The van der Waals surface area contributed by atoms with Crippen molar-refractivity contribution in [2.45, 2.75) is 25.8 Å². The number of piperidine rings is 1. The molecule has 0 aromatic heterocycles. The lowest BCUT2D eigenvalue weighted by Gasteiger charge is -2.32. The molecule has 2 amide bonds. The lowest BCUT2D eigenvalue weighted by molar-refractivity contribution is -0.136. The molecule has 0 bridgehead atoms. The van der Waals surface area contributed by atoms with E-state index in [1.54, 1.807) is 12.0 Å². The van der Waals surface area contributed by atoms with Gasteiger partial charge in [-0.25, -0.2) is 0 Å². The van der Waals surface area contributed by atoms with Crippen molar-refractivity contribution >= 4 is 27.7 Å². The van der Waals surface area contributed by atoms with E-state index < -0.39 is 0 Å². The molecule has 1 unspecified atom stereocenters. The normalized spacial score (nSPS) is 16.1. The zero-order valence-corrected chi connectivity index (χ0v) is 18.7. The van der Waals surface area contributed by atoms with Gasteiger partial charge in [-0.2, -0.15) is 0 Å². The summed E-state index contributed by atoms with van der Waals surface area (Å²) >= 11 is 3.45. The highest BCUT2D eigenvalue weighted by Crippen LogP contribution is 2.23. The molecule has 7 heteroatoms. The van der Waals surface area contributed by atoms with Crippen LogP contribution < -0.4 is 14.8 Å². The molecule has 6 nitrogen and oxygen atoms in total. The number of halogens is 1. The van der Waals surface area contributed by atoms with Crippen molar-refractivity contribution in [2.75, 3.05) is 26.8 Å². The van der Waals surface area contributed by atoms with Crippen molar-refractivity contribution in [1.82, 2.24) is 10.2 Å². The predicted molar refractivity (Wildman–Crippen MR) is 118 cm³/mol. The van der Waals surface area contributed by atoms with E-state index in [1.807, 2.05) is 48.5 Å². The van der Waals surface area contributed by atoms with Crippen LogP contribution in [0.4, 0.5) is 0 Å². The Kier molecular flexibility index (Phi) is 8.13. The van der Waals surface area contributed by atoms with Gasteiger partial charge in [-0.05, 0) is 43.2 Å². The Bertz CT molecular complexity index is 860. The summed E-state index contributed by atoms with van der Waals surface area (Å²) in [5.41, 5.74) is 0.905. The lowest BCUT2D eigenvalue weighted by atomic mass is 9.96. The molecular weight excluding hydrogens is 448 g/mol. The minimum atomic E-state index is -0.198. The summed E-state index contributed by atoms with van der Waals surface area (Å²) in [6, 6.07) is 15.1. The third-order valence-corrected chi connectivity index (χ3v) is 5.66. The number of benzene rings is 2. The molecular formula is C23H27BrN2O4. The molecule has 1 atom stereocenters. The Morgan fingerprint density at radius 3 is 2.77 bits per heavy atom. The largest absolute Gasteiger partial charge is 0.496 e. The van der Waals surface area contributed by atoms with E-state index in [-0.39, 0.29) is 17.7 Å². The summed E-state index contributed by atoms with van der Waals surface area (Å²) in [6.07, 6.45) is 1.91. The van der Waals surface area contributed by atoms with Gasteiger partial charge in [0.2, 0.25) is 11.8 Å². The highest BCUT2D eigenvalue weighted by atomic mass is 79.9. The Hall–Kier alpha value is -2.54. The molecule has 0 radical (unpaired) electrons. The summed E-state index contributed by atoms with van der Waals surface area (Å²) in [4.78, 5) is 27.0. The van der Waals surface area contributed by atoms with Gasteiger partial charge in [0, 0.05) is 29.7 Å². The van der Waals surface area contributed by atoms with Gasteiger partial charge in [0.25, 0.3) is 0 Å². The number of likely N-dealkylation sites (tertiary alicyclic amines) is 1. The number of carbonyl (C=O) groups excluding carboxylic acids is 2. The number of methoxy groups -OCH3 is 1. The fourth-order valence-electron chi connectivity index (χ4n) is 3.56. The van der Waals surface area contributed by atoms with E-state index in [0.29, 0.717) is 32.7 Å².